The fourth-order valence-electron chi connectivity index (χ4n) is 5.83. The SMILES string of the molecule is C[N+](C)(CCCCCCSSCCCCCC[N+](C)(C)CCCC(F)(F)C(F)(F)C(F)(F)C(F)(F)C(F)(F)C(F)(F)F)CCCC(F)(F)C(F)(F)C(F)(F)C(F)(F)C(F)(F)C(F)(F)F. The van der Waals surface area contributed by atoms with Crippen LogP contribution < -0.4 is 0 Å². The Balaban J connectivity index is 4.51. The summed E-state index contributed by atoms with van der Waals surface area (Å²) in [7, 11) is 8.71. The molecule has 0 aliphatic heterocycles. The van der Waals surface area contributed by atoms with Gasteiger partial charge in [0.05, 0.1) is 54.4 Å². The first-order valence-electron chi connectivity index (χ1n) is 18.9. The van der Waals surface area contributed by atoms with Gasteiger partial charge in [0, 0.05) is 37.2 Å². The highest BCUT2D eigenvalue weighted by Gasteiger charge is 2.92. The van der Waals surface area contributed by atoms with Crippen LogP contribution in [0.4, 0.5) is 114 Å². The van der Waals surface area contributed by atoms with Crippen LogP contribution in [0.2, 0.25) is 0 Å². The van der Waals surface area contributed by atoms with Crippen molar-refractivity contribution in [2.45, 2.75) is 149 Å². The monoisotopic (exact) mass is 1040 g/mol. The van der Waals surface area contributed by atoms with E-state index in [1.54, 1.807) is 0 Å². The molecule has 0 aromatic carbocycles. The van der Waals surface area contributed by atoms with E-state index < -0.39 is 110 Å². The van der Waals surface area contributed by atoms with Crippen molar-refractivity contribution >= 4 is 21.6 Å². The van der Waals surface area contributed by atoms with Crippen LogP contribution in [-0.2, 0) is 0 Å². The van der Waals surface area contributed by atoms with E-state index in [1.807, 2.05) is 0 Å². The van der Waals surface area contributed by atoms with Gasteiger partial charge < -0.3 is 8.97 Å². The fraction of sp³-hybridized carbons (Fsp3) is 1.00. The molecule has 386 valence electrons. The number of nitrogens with zero attached hydrogens (tertiary/aromatic N) is 2. The average molecular weight is 1040 g/mol. The van der Waals surface area contributed by atoms with Crippen LogP contribution in [0.15, 0.2) is 0 Å². The highest BCUT2D eigenvalue weighted by molar-refractivity contribution is 8.76. The van der Waals surface area contributed by atoms with Gasteiger partial charge in [-0.15, -0.1) is 0 Å². The molecule has 0 saturated carbocycles. The highest BCUT2D eigenvalue weighted by atomic mass is 33.1. The molecule has 0 radical (unpaired) electrons. The summed E-state index contributed by atoms with van der Waals surface area (Å²) in [6.45, 7) is -0.378. The summed E-state index contributed by atoms with van der Waals surface area (Å²) in [4.78, 5) is 0. The molecule has 0 atom stereocenters. The summed E-state index contributed by atoms with van der Waals surface area (Å²) >= 11 is 0. The minimum atomic E-state index is -7.94. The Labute approximate surface area is 359 Å². The number of hydrogen-bond donors (Lipinski definition) is 0. The summed E-state index contributed by atoms with van der Waals surface area (Å²) in [6.07, 6.45) is -16.7. The quantitative estimate of drug-likeness (QED) is 0.0294. The van der Waals surface area contributed by atoms with E-state index in [1.165, 1.54) is 49.8 Å². The zero-order valence-electron chi connectivity index (χ0n) is 34.3. The fourth-order valence-corrected chi connectivity index (χ4v) is 8.12. The van der Waals surface area contributed by atoms with E-state index in [-0.39, 0.29) is 22.1 Å². The summed E-state index contributed by atoms with van der Waals surface area (Å²) in [5.74, 6) is -72.5. The largest absolute Gasteiger partial charge is 0.460 e. The molecule has 2 nitrogen and oxygen atoms in total. The van der Waals surface area contributed by atoms with Crippen LogP contribution in [0.1, 0.15) is 77.0 Å². The van der Waals surface area contributed by atoms with Crippen molar-refractivity contribution < 1.29 is 123 Å². The van der Waals surface area contributed by atoms with Crippen molar-refractivity contribution in [2.75, 3.05) is 65.9 Å². The number of alkyl halides is 26. The summed E-state index contributed by atoms with van der Waals surface area (Å²) in [5.41, 5.74) is 0. The number of unbranched alkanes of at least 4 members (excludes halogenated alkanes) is 6. The molecule has 0 aliphatic carbocycles. The summed E-state index contributed by atoms with van der Waals surface area (Å²) in [6, 6.07) is 0. The maximum Gasteiger partial charge on any atom is 0.460 e. The maximum absolute atomic E-state index is 14.1. The van der Waals surface area contributed by atoms with E-state index >= 15 is 0 Å². The van der Waals surface area contributed by atoms with Gasteiger partial charge in [0.1, 0.15) is 0 Å². The van der Waals surface area contributed by atoms with Gasteiger partial charge in [0.2, 0.25) is 0 Å². The maximum atomic E-state index is 14.1. The molecule has 0 unspecified atom stereocenters. The minimum Gasteiger partial charge on any atom is -0.328 e. The van der Waals surface area contributed by atoms with Crippen LogP contribution in [0.25, 0.3) is 0 Å². The second kappa shape index (κ2) is 21.6. The van der Waals surface area contributed by atoms with Crippen LogP contribution in [0.5, 0.6) is 0 Å². The first-order valence-corrected chi connectivity index (χ1v) is 21.4. The number of hydrogen-bond acceptors (Lipinski definition) is 2. The summed E-state index contributed by atoms with van der Waals surface area (Å²) < 4.78 is 346. The van der Waals surface area contributed by atoms with E-state index in [9.17, 15) is 114 Å². The Bertz CT molecular complexity index is 1310. The summed E-state index contributed by atoms with van der Waals surface area (Å²) in [5, 5.41) is 0. The van der Waals surface area contributed by atoms with Gasteiger partial charge in [-0.25, -0.2) is 0 Å². The Kier molecular flexibility index (Phi) is 21.2. The predicted octanol–water partition coefficient (Wildman–Crippen LogP) is 14.7. The van der Waals surface area contributed by atoms with E-state index in [0.717, 1.165) is 0 Å². The number of halogens is 26. The molecule has 0 saturated heterocycles. The van der Waals surface area contributed by atoms with Gasteiger partial charge in [0.25, 0.3) is 0 Å². The molecule has 0 bridgehead atoms. The van der Waals surface area contributed by atoms with Gasteiger partial charge in [-0.3, -0.25) is 0 Å². The smallest absolute Gasteiger partial charge is 0.328 e. The molecule has 0 rings (SSSR count). The molecule has 0 spiro atoms. The standard InChI is InChI=1S/C34H48F26N2S2/c1-61(2,19-13-15-23(35,36)25(39,40)27(43,44)29(47,48)31(51,52)33(55,56)57)17-9-5-7-11-21-63-64-22-12-8-6-10-18-62(3,4)20-14-16-24(37,38)26(41,42)28(45,46)30(49,50)32(53,54)34(58,59)60/h5-22H2,1-4H3/q+2. The van der Waals surface area contributed by atoms with Gasteiger partial charge in [-0.1, -0.05) is 34.4 Å². The lowest BCUT2D eigenvalue weighted by atomic mass is 9.92. The first kappa shape index (κ1) is 62.8. The zero-order chi connectivity index (χ0) is 51.1. The van der Waals surface area contributed by atoms with E-state index in [2.05, 4.69) is 0 Å². The molecule has 30 heteroatoms. The third kappa shape index (κ3) is 14.2. The number of quaternary nitrogens is 2. The highest BCUT2D eigenvalue weighted by Crippen LogP contribution is 2.62. The molecular formula is C34H48F26N2S2+2. The molecule has 64 heavy (non-hydrogen) atoms. The Hall–Kier alpha value is -1.20. The predicted molar refractivity (Wildman–Crippen MR) is 186 cm³/mol. The average Bonchev–Trinajstić information content (AvgIpc) is 3.09. The van der Waals surface area contributed by atoms with Crippen LogP contribution in [-0.4, -0.2) is 146 Å². The van der Waals surface area contributed by atoms with Crippen molar-refractivity contribution in [2.24, 2.45) is 0 Å². The van der Waals surface area contributed by atoms with Gasteiger partial charge in [-0.2, -0.15) is 114 Å². The van der Waals surface area contributed by atoms with Gasteiger partial charge in [0.15, 0.2) is 0 Å². The van der Waals surface area contributed by atoms with Crippen LogP contribution in [0.3, 0.4) is 0 Å². The second-order valence-corrected chi connectivity index (χ2v) is 19.1. The lowest BCUT2D eigenvalue weighted by Crippen LogP contribution is -2.70. The normalized spacial score (nSPS) is 15.7. The van der Waals surface area contributed by atoms with Gasteiger partial charge >= 0.3 is 71.6 Å². The van der Waals surface area contributed by atoms with Crippen molar-refractivity contribution in [1.82, 2.24) is 0 Å². The lowest BCUT2D eigenvalue weighted by Gasteiger charge is -2.40. The van der Waals surface area contributed by atoms with Crippen molar-refractivity contribution in [3.8, 4) is 0 Å². The second-order valence-electron chi connectivity index (χ2n) is 16.4. The Morgan fingerprint density at radius 1 is 0.266 bits per heavy atom. The third-order valence-corrected chi connectivity index (χ3v) is 12.6. The van der Waals surface area contributed by atoms with Crippen molar-refractivity contribution in [3.05, 3.63) is 0 Å². The van der Waals surface area contributed by atoms with Gasteiger partial charge in [-0.05, 0) is 38.5 Å². The topological polar surface area (TPSA) is 0 Å². The van der Waals surface area contributed by atoms with E-state index in [4.69, 9.17) is 0 Å². The molecular weight excluding hydrogens is 994 g/mol. The minimum absolute atomic E-state index is 0.163. The molecule has 0 aromatic heterocycles. The molecule has 0 aliphatic rings. The van der Waals surface area contributed by atoms with Crippen molar-refractivity contribution in [1.29, 1.82) is 0 Å². The lowest BCUT2D eigenvalue weighted by molar-refractivity contribution is -0.890. The Morgan fingerprint density at radius 3 is 0.734 bits per heavy atom. The number of rotatable bonds is 31. The first-order chi connectivity index (χ1) is 28.1. The molecule has 0 N–H and O–H groups in total. The molecule has 0 aromatic rings. The van der Waals surface area contributed by atoms with Crippen LogP contribution >= 0.6 is 21.6 Å². The molecule has 0 amide bonds. The van der Waals surface area contributed by atoms with E-state index in [0.29, 0.717) is 62.9 Å². The zero-order valence-corrected chi connectivity index (χ0v) is 35.9. The Morgan fingerprint density at radius 2 is 0.484 bits per heavy atom. The molecule has 0 fully saturated rings. The third-order valence-electron chi connectivity index (χ3n) is 10.1. The van der Waals surface area contributed by atoms with Crippen LogP contribution in [0, 0.1) is 0 Å². The molecule has 0 heterocycles. The van der Waals surface area contributed by atoms with Crippen molar-refractivity contribution in [3.63, 3.8) is 0 Å².